The van der Waals surface area contributed by atoms with Crippen LogP contribution in [0, 0.1) is 12.3 Å². The average molecular weight is 251 g/mol. The number of pyridine rings is 1. The zero-order valence-corrected chi connectivity index (χ0v) is 11.4. The van der Waals surface area contributed by atoms with Crippen molar-refractivity contribution in [2.45, 2.75) is 27.3 Å². The van der Waals surface area contributed by atoms with Crippen LogP contribution in [0.4, 0.5) is 0 Å². The van der Waals surface area contributed by atoms with E-state index >= 15 is 0 Å². The summed E-state index contributed by atoms with van der Waals surface area (Å²) >= 11 is 0. The van der Waals surface area contributed by atoms with E-state index in [0.29, 0.717) is 13.1 Å². The molecule has 0 saturated carbocycles. The second-order valence-corrected chi connectivity index (χ2v) is 4.99. The third-order valence-corrected chi connectivity index (χ3v) is 2.76. The first-order valence-electron chi connectivity index (χ1n) is 5.87. The number of carbonyl (C=O) groups is 1. The highest BCUT2D eigenvalue weighted by Gasteiger charge is 2.24. The Bertz CT molecular complexity index is 430. The number of nitrogens with two attached hydrogens (primary N) is 1. The predicted molar refractivity (Wildman–Crippen MR) is 70.2 cm³/mol. The van der Waals surface area contributed by atoms with Gasteiger partial charge in [-0.25, -0.2) is 0 Å². The first-order valence-corrected chi connectivity index (χ1v) is 5.87. The number of aromatic nitrogens is 1. The van der Waals surface area contributed by atoms with Crippen LogP contribution in [0.25, 0.3) is 0 Å². The fourth-order valence-corrected chi connectivity index (χ4v) is 1.50. The van der Waals surface area contributed by atoms with Gasteiger partial charge >= 0.3 is 0 Å². The monoisotopic (exact) mass is 251 g/mol. The molecule has 0 aliphatic heterocycles. The Labute approximate surface area is 108 Å². The van der Waals surface area contributed by atoms with Gasteiger partial charge in [0.2, 0.25) is 5.91 Å². The maximum absolute atomic E-state index is 11.2. The molecule has 0 saturated heterocycles. The Morgan fingerprint density at radius 2 is 2.17 bits per heavy atom. The average Bonchev–Trinajstić information content (AvgIpc) is 2.27. The molecule has 0 spiro atoms. The number of nitrogens with one attached hydrogen (secondary N) is 1. The molecule has 0 fully saturated rings. The smallest absolute Gasteiger partial charge is 0.224 e. The molecular weight excluding hydrogens is 230 g/mol. The molecule has 5 nitrogen and oxygen atoms in total. The summed E-state index contributed by atoms with van der Waals surface area (Å²) in [6.45, 7) is 6.63. The van der Waals surface area contributed by atoms with Gasteiger partial charge in [0.15, 0.2) is 0 Å². The summed E-state index contributed by atoms with van der Waals surface area (Å²) in [6, 6.07) is 3.74. The number of ether oxygens (including phenoxy) is 1. The molecule has 0 radical (unpaired) electrons. The molecule has 18 heavy (non-hydrogen) atoms. The Hall–Kier alpha value is -1.62. The van der Waals surface area contributed by atoms with Crippen molar-refractivity contribution in [1.29, 1.82) is 0 Å². The number of methoxy groups -OCH3 is 1. The second-order valence-electron chi connectivity index (χ2n) is 4.99. The van der Waals surface area contributed by atoms with Crippen LogP contribution in [0.5, 0.6) is 5.75 Å². The fraction of sp³-hybridized carbons (Fsp3) is 0.538. The van der Waals surface area contributed by atoms with Gasteiger partial charge in [-0.1, -0.05) is 0 Å². The van der Waals surface area contributed by atoms with E-state index < -0.39 is 5.41 Å². The Kier molecular flexibility index (Phi) is 4.67. The van der Waals surface area contributed by atoms with Crippen molar-refractivity contribution in [3.05, 3.63) is 23.5 Å². The molecule has 0 aromatic carbocycles. The van der Waals surface area contributed by atoms with Gasteiger partial charge < -0.3 is 15.8 Å². The summed E-state index contributed by atoms with van der Waals surface area (Å²) in [5.74, 6) is 0.471. The van der Waals surface area contributed by atoms with Crippen LogP contribution < -0.4 is 15.8 Å². The predicted octanol–water partition coefficient (Wildman–Crippen LogP) is 1.000. The summed E-state index contributed by atoms with van der Waals surface area (Å²) in [5, 5.41) is 3.18. The minimum Gasteiger partial charge on any atom is -0.497 e. The quantitative estimate of drug-likeness (QED) is 0.790. The summed E-state index contributed by atoms with van der Waals surface area (Å²) in [7, 11) is 1.63. The molecule has 5 heteroatoms. The minimum absolute atomic E-state index is 0.315. The topological polar surface area (TPSA) is 77.2 Å². The number of hydrogen-bond acceptors (Lipinski definition) is 4. The first kappa shape index (κ1) is 14.4. The fourth-order valence-electron chi connectivity index (χ4n) is 1.50. The molecule has 1 rings (SSSR count). The minimum atomic E-state index is -0.562. The number of rotatable bonds is 6. The Morgan fingerprint density at radius 1 is 1.50 bits per heavy atom. The number of hydrogen-bond donors (Lipinski definition) is 2. The maximum Gasteiger partial charge on any atom is 0.224 e. The summed E-state index contributed by atoms with van der Waals surface area (Å²) in [5.41, 5.74) is 6.53. The lowest BCUT2D eigenvalue weighted by molar-refractivity contribution is -0.125. The molecule has 0 aliphatic rings. The van der Waals surface area contributed by atoms with E-state index in [1.807, 2.05) is 32.9 Å². The van der Waals surface area contributed by atoms with Crippen molar-refractivity contribution in [2.75, 3.05) is 13.7 Å². The molecule has 1 aromatic heterocycles. The van der Waals surface area contributed by atoms with E-state index in [2.05, 4.69) is 10.3 Å². The molecule has 1 amide bonds. The Balaban J connectivity index is 2.59. The van der Waals surface area contributed by atoms with E-state index in [0.717, 1.165) is 17.1 Å². The number of carbonyl (C=O) groups excluding carboxylic acids is 1. The normalized spacial score (nSPS) is 11.3. The van der Waals surface area contributed by atoms with Crippen LogP contribution in [0.15, 0.2) is 12.1 Å². The summed E-state index contributed by atoms with van der Waals surface area (Å²) < 4.78 is 5.18. The van der Waals surface area contributed by atoms with Gasteiger partial charge in [-0.3, -0.25) is 9.78 Å². The van der Waals surface area contributed by atoms with Gasteiger partial charge in [0.1, 0.15) is 5.75 Å². The van der Waals surface area contributed by atoms with Gasteiger partial charge in [0, 0.05) is 30.9 Å². The summed E-state index contributed by atoms with van der Waals surface area (Å²) in [4.78, 5) is 15.6. The summed E-state index contributed by atoms with van der Waals surface area (Å²) in [6.07, 6.45) is 0. The molecule has 0 bridgehead atoms. The number of nitrogens with zero attached hydrogens (tertiary/aromatic N) is 1. The Morgan fingerprint density at radius 3 is 2.72 bits per heavy atom. The van der Waals surface area contributed by atoms with Crippen LogP contribution in [0.1, 0.15) is 25.2 Å². The van der Waals surface area contributed by atoms with Gasteiger partial charge in [-0.2, -0.15) is 0 Å². The lowest BCUT2D eigenvalue weighted by atomic mass is 9.93. The molecule has 1 aromatic rings. The third kappa shape index (κ3) is 4.00. The number of aryl methyl sites for hydroxylation is 1. The van der Waals surface area contributed by atoms with Crippen molar-refractivity contribution in [2.24, 2.45) is 11.1 Å². The van der Waals surface area contributed by atoms with Crippen molar-refractivity contribution in [3.63, 3.8) is 0 Å². The molecule has 3 N–H and O–H groups in total. The standard InChI is InChI=1S/C13H21N3O2/c1-9-5-11(18-4)6-10(16-9)7-15-8-13(2,3)12(14)17/h5-6,15H,7-8H2,1-4H3,(H2,14,17). The second kappa shape index (κ2) is 5.82. The largest absolute Gasteiger partial charge is 0.497 e. The van der Waals surface area contributed by atoms with E-state index in [9.17, 15) is 4.79 Å². The lowest BCUT2D eigenvalue weighted by Crippen LogP contribution is -2.40. The van der Waals surface area contributed by atoms with Gasteiger partial charge in [0.25, 0.3) is 0 Å². The van der Waals surface area contributed by atoms with Crippen molar-refractivity contribution >= 4 is 5.91 Å². The number of amides is 1. The van der Waals surface area contributed by atoms with Crippen molar-refractivity contribution in [1.82, 2.24) is 10.3 Å². The van der Waals surface area contributed by atoms with Crippen LogP contribution >= 0.6 is 0 Å². The van der Waals surface area contributed by atoms with Gasteiger partial charge in [0.05, 0.1) is 18.2 Å². The van der Waals surface area contributed by atoms with E-state index in [1.54, 1.807) is 7.11 Å². The zero-order valence-electron chi connectivity index (χ0n) is 11.4. The lowest BCUT2D eigenvalue weighted by Gasteiger charge is -2.20. The van der Waals surface area contributed by atoms with Crippen LogP contribution in [-0.2, 0) is 11.3 Å². The molecule has 0 unspecified atom stereocenters. The maximum atomic E-state index is 11.2. The highest BCUT2D eigenvalue weighted by atomic mass is 16.5. The van der Waals surface area contributed by atoms with E-state index in [-0.39, 0.29) is 5.91 Å². The molecule has 0 aliphatic carbocycles. The highest BCUT2D eigenvalue weighted by Crippen LogP contribution is 2.15. The molecular formula is C13H21N3O2. The zero-order chi connectivity index (χ0) is 13.8. The van der Waals surface area contributed by atoms with Gasteiger partial charge in [-0.05, 0) is 20.8 Å². The highest BCUT2D eigenvalue weighted by molar-refractivity contribution is 5.80. The van der Waals surface area contributed by atoms with Gasteiger partial charge in [-0.15, -0.1) is 0 Å². The van der Waals surface area contributed by atoms with E-state index in [1.165, 1.54) is 0 Å². The van der Waals surface area contributed by atoms with Crippen molar-refractivity contribution < 1.29 is 9.53 Å². The number of primary amides is 1. The van der Waals surface area contributed by atoms with Crippen LogP contribution in [0.3, 0.4) is 0 Å². The van der Waals surface area contributed by atoms with Crippen LogP contribution in [0.2, 0.25) is 0 Å². The molecule has 1 heterocycles. The van der Waals surface area contributed by atoms with Crippen molar-refractivity contribution in [3.8, 4) is 5.75 Å². The van der Waals surface area contributed by atoms with Crippen LogP contribution in [-0.4, -0.2) is 24.5 Å². The SMILES string of the molecule is COc1cc(C)nc(CNCC(C)(C)C(N)=O)c1. The molecule has 0 atom stereocenters. The molecule has 100 valence electrons. The third-order valence-electron chi connectivity index (χ3n) is 2.76. The van der Waals surface area contributed by atoms with E-state index in [4.69, 9.17) is 10.5 Å². The first-order chi connectivity index (χ1) is 8.35.